The van der Waals surface area contributed by atoms with E-state index in [0.29, 0.717) is 65.9 Å². The molecule has 1 saturated carbocycles. The SMILES string of the molecule is C=CC(=O)N1CCN(c2nc(N3CC(N(C)C)C3)nc3c(F)c(-c4c(C)ccc5[nH]nc(C6CC6)c45)c(Cl)cc23)CC1. The molecule has 1 aliphatic carbocycles. The van der Waals surface area contributed by atoms with E-state index in [1.165, 1.54) is 6.08 Å². The number of fused-ring (bicyclic) bond motifs is 2. The fraction of sp³-hybridized carbons (Fsp3) is 0.419. The third kappa shape index (κ3) is 4.39. The van der Waals surface area contributed by atoms with E-state index < -0.39 is 5.82 Å². The van der Waals surface area contributed by atoms with Crippen molar-refractivity contribution in [1.29, 1.82) is 0 Å². The normalized spacial score (nSPS) is 17.9. The van der Waals surface area contributed by atoms with Crippen molar-refractivity contribution in [2.24, 2.45) is 0 Å². The maximum absolute atomic E-state index is 17.0. The summed E-state index contributed by atoms with van der Waals surface area (Å²) in [5, 5.41) is 9.58. The molecule has 4 aromatic rings. The molecule has 4 heterocycles. The lowest BCUT2D eigenvalue weighted by molar-refractivity contribution is -0.126. The lowest BCUT2D eigenvalue weighted by Gasteiger charge is -2.43. The minimum atomic E-state index is -0.453. The molecule has 3 fully saturated rings. The number of nitrogens with one attached hydrogen (secondary N) is 1. The number of piperazine rings is 1. The number of H-pyrrole nitrogens is 1. The van der Waals surface area contributed by atoms with E-state index in [1.807, 2.05) is 25.1 Å². The molecule has 218 valence electrons. The smallest absolute Gasteiger partial charge is 0.246 e. The number of anilines is 2. The van der Waals surface area contributed by atoms with Gasteiger partial charge in [0, 0.05) is 73.1 Å². The molecule has 11 heteroatoms. The molecule has 2 aromatic carbocycles. The molecule has 7 rings (SSSR count). The first kappa shape index (κ1) is 27.1. The van der Waals surface area contributed by atoms with Crippen LogP contribution in [-0.2, 0) is 4.79 Å². The monoisotopic (exact) mass is 588 g/mol. The third-order valence-electron chi connectivity index (χ3n) is 8.97. The molecule has 0 atom stereocenters. The molecular formula is C31H34ClFN8O. The zero-order chi connectivity index (χ0) is 29.3. The molecule has 9 nitrogen and oxygen atoms in total. The molecule has 2 aromatic heterocycles. The summed E-state index contributed by atoms with van der Waals surface area (Å²) in [6, 6.07) is 6.17. The highest BCUT2D eigenvalue weighted by Crippen LogP contribution is 2.48. The van der Waals surface area contributed by atoms with Crippen molar-refractivity contribution < 1.29 is 9.18 Å². The molecule has 2 aliphatic heterocycles. The highest BCUT2D eigenvalue weighted by atomic mass is 35.5. The Hall–Kier alpha value is -3.76. The second-order valence-electron chi connectivity index (χ2n) is 11.9. The Morgan fingerprint density at radius 1 is 1.12 bits per heavy atom. The average molecular weight is 589 g/mol. The van der Waals surface area contributed by atoms with Crippen LogP contribution < -0.4 is 9.80 Å². The predicted octanol–water partition coefficient (Wildman–Crippen LogP) is 4.74. The van der Waals surface area contributed by atoms with Gasteiger partial charge < -0.3 is 19.6 Å². The van der Waals surface area contributed by atoms with Crippen molar-refractivity contribution in [3.8, 4) is 11.1 Å². The number of likely N-dealkylation sites (N-methyl/N-ethyl adjacent to an activating group) is 1. The van der Waals surface area contributed by atoms with Gasteiger partial charge in [0.2, 0.25) is 11.9 Å². The Morgan fingerprint density at radius 2 is 1.86 bits per heavy atom. The van der Waals surface area contributed by atoms with Crippen LogP contribution in [0.2, 0.25) is 5.02 Å². The number of benzene rings is 2. The molecule has 0 unspecified atom stereocenters. The summed E-state index contributed by atoms with van der Waals surface area (Å²) in [4.78, 5) is 30.2. The Morgan fingerprint density at radius 3 is 2.52 bits per heavy atom. The van der Waals surface area contributed by atoms with Gasteiger partial charge in [0.15, 0.2) is 5.82 Å². The van der Waals surface area contributed by atoms with Gasteiger partial charge in [-0.3, -0.25) is 9.89 Å². The van der Waals surface area contributed by atoms with Crippen molar-refractivity contribution in [2.75, 3.05) is 63.2 Å². The van der Waals surface area contributed by atoms with E-state index in [0.717, 1.165) is 53.7 Å². The second kappa shape index (κ2) is 10.2. The predicted molar refractivity (Wildman–Crippen MR) is 165 cm³/mol. The van der Waals surface area contributed by atoms with Crippen LogP contribution in [0.1, 0.15) is 30.0 Å². The van der Waals surface area contributed by atoms with Gasteiger partial charge in [-0.1, -0.05) is 24.2 Å². The molecule has 0 radical (unpaired) electrons. The molecular weight excluding hydrogens is 555 g/mol. The number of rotatable bonds is 6. The van der Waals surface area contributed by atoms with Crippen LogP contribution in [0.3, 0.4) is 0 Å². The summed E-state index contributed by atoms with van der Waals surface area (Å²) in [6.45, 7) is 9.30. The van der Waals surface area contributed by atoms with Gasteiger partial charge in [-0.2, -0.15) is 10.1 Å². The fourth-order valence-electron chi connectivity index (χ4n) is 6.21. The quantitative estimate of drug-likeness (QED) is 0.326. The summed E-state index contributed by atoms with van der Waals surface area (Å²) >= 11 is 6.99. The zero-order valence-electron chi connectivity index (χ0n) is 24.1. The number of carbonyl (C=O) groups excluding carboxylic acids is 1. The number of aromatic amines is 1. The number of hydrogen-bond donors (Lipinski definition) is 1. The van der Waals surface area contributed by atoms with Gasteiger partial charge in [0.1, 0.15) is 11.3 Å². The van der Waals surface area contributed by atoms with Gasteiger partial charge in [0.05, 0.1) is 16.2 Å². The number of aromatic nitrogens is 4. The van der Waals surface area contributed by atoms with Crippen molar-refractivity contribution in [3.63, 3.8) is 0 Å². The van der Waals surface area contributed by atoms with Crippen molar-refractivity contribution in [1.82, 2.24) is 30.0 Å². The number of aryl methyl sites for hydroxylation is 1. The van der Waals surface area contributed by atoms with Crippen molar-refractivity contribution in [3.05, 3.63) is 53.0 Å². The number of carbonyl (C=O) groups is 1. The van der Waals surface area contributed by atoms with Gasteiger partial charge in [-0.05, 0) is 57.6 Å². The lowest BCUT2D eigenvalue weighted by atomic mass is 9.93. The van der Waals surface area contributed by atoms with Crippen LogP contribution >= 0.6 is 11.6 Å². The molecule has 3 aliphatic rings. The summed E-state index contributed by atoms with van der Waals surface area (Å²) < 4.78 is 17.0. The van der Waals surface area contributed by atoms with E-state index in [2.05, 4.69) is 45.6 Å². The lowest BCUT2D eigenvalue weighted by Crippen LogP contribution is -2.58. The molecule has 1 N–H and O–H groups in total. The number of amides is 1. The highest BCUT2D eigenvalue weighted by molar-refractivity contribution is 6.35. The number of nitrogens with zero attached hydrogens (tertiary/aromatic N) is 7. The minimum absolute atomic E-state index is 0.0914. The largest absolute Gasteiger partial charge is 0.352 e. The molecule has 0 spiro atoms. The highest BCUT2D eigenvalue weighted by Gasteiger charge is 2.34. The summed E-state index contributed by atoms with van der Waals surface area (Å²) in [5.41, 5.74) is 4.15. The molecule has 42 heavy (non-hydrogen) atoms. The first-order chi connectivity index (χ1) is 20.2. The van der Waals surface area contributed by atoms with E-state index in [1.54, 1.807) is 4.90 Å². The van der Waals surface area contributed by atoms with Gasteiger partial charge in [-0.15, -0.1) is 0 Å². The standard InChI is InChI=1S/C31H34ClFN8O/c1-5-23(42)39-10-12-40(13-11-39)30-20-14-21(32)25(24-17(2)6-9-22-26(24)28(37-36-22)18-7-8-18)27(33)29(20)34-31(35-30)41-15-19(16-41)38(3)4/h5-6,9,14,18-19H,1,7-8,10-13,15-16H2,2-4H3,(H,36,37). The Balaban J connectivity index is 1.39. The Labute approximate surface area is 248 Å². The van der Waals surface area contributed by atoms with Crippen LogP contribution in [0, 0.1) is 12.7 Å². The third-order valence-corrected chi connectivity index (χ3v) is 9.27. The average Bonchev–Trinajstić information content (AvgIpc) is 3.71. The zero-order valence-corrected chi connectivity index (χ0v) is 24.9. The molecule has 1 amide bonds. The van der Waals surface area contributed by atoms with E-state index in [9.17, 15) is 4.79 Å². The first-order valence-corrected chi connectivity index (χ1v) is 14.9. The number of halogens is 2. The summed E-state index contributed by atoms with van der Waals surface area (Å²) in [7, 11) is 4.11. The summed E-state index contributed by atoms with van der Waals surface area (Å²) in [6.07, 6.45) is 3.50. The van der Waals surface area contributed by atoms with Crippen molar-refractivity contribution >= 4 is 51.1 Å². The van der Waals surface area contributed by atoms with Gasteiger partial charge in [-0.25, -0.2) is 9.37 Å². The maximum atomic E-state index is 17.0. The van der Waals surface area contributed by atoms with Gasteiger partial charge in [0.25, 0.3) is 0 Å². The van der Waals surface area contributed by atoms with Crippen molar-refractivity contribution in [2.45, 2.75) is 31.7 Å². The topological polar surface area (TPSA) is 84.5 Å². The van der Waals surface area contributed by atoms with Crippen LogP contribution in [0.15, 0.2) is 30.9 Å². The van der Waals surface area contributed by atoms with Crippen LogP contribution in [0.25, 0.3) is 32.9 Å². The summed E-state index contributed by atoms with van der Waals surface area (Å²) in [5.74, 6) is 0.977. The Bertz CT molecular complexity index is 1730. The first-order valence-electron chi connectivity index (χ1n) is 14.5. The number of hydrogen-bond acceptors (Lipinski definition) is 7. The van der Waals surface area contributed by atoms with E-state index in [-0.39, 0.29) is 11.4 Å². The van der Waals surface area contributed by atoms with E-state index >= 15 is 4.39 Å². The second-order valence-corrected chi connectivity index (χ2v) is 12.3. The fourth-order valence-corrected chi connectivity index (χ4v) is 6.50. The van der Waals surface area contributed by atoms with Crippen LogP contribution in [0.5, 0.6) is 0 Å². The van der Waals surface area contributed by atoms with Gasteiger partial charge >= 0.3 is 0 Å². The van der Waals surface area contributed by atoms with Crippen LogP contribution in [0.4, 0.5) is 16.2 Å². The van der Waals surface area contributed by atoms with Crippen LogP contribution in [-0.4, -0.2) is 95.3 Å². The minimum Gasteiger partial charge on any atom is -0.352 e. The maximum Gasteiger partial charge on any atom is 0.246 e. The van der Waals surface area contributed by atoms with E-state index in [4.69, 9.17) is 21.6 Å². The Kier molecular flexibility index (Phi) is 6.58. The molecule has 0 bridgehead atoms. The molecule has 2 saturated heterocycles.